The number of hydrogen-bond donors (Lipinski definition) is 4. The zero-order chi connectivity index (χ0) is 24.2. The first-order valence-corrected chi connectivity index (χ1v) is 11.1. The molecule has 2 aromatic rings. The van der Waals surface area contributed by atoms with E-state index in [0.29, 0.717) is 35.6 Å². The van der Waals surface area contributed by atoms with Gasteiger partial charge in [-0.25, -0.2) is 14.8 Å². The van der Waals surface area contributed by atoms with Gasteiger partial charge in [0.05, 0.1) is 17.3 Å². The number of nitrogens with one attached hydrogen (secondary N) is 3. The van der Waals surface area contributed by atoms with Crippen molar-refractivity contribution in [3.05, 3.63) is 40.6 Å². The maximum Gasteiger partial charge on any atom is 0.411 e. The van der Waals surface area contributed by atoms with Gasteiger partial charge in [-0.2, -0.15) is 4.98 Å². The number of primary amides is 1. The summed E-state index contributed by atoms with van der Waals surface area (Å²) in [6.45, 7) is 3.24. The van der Waals surface area contributed by atoms with Crippen LogP contribution in [0.1, 0.15) is 32.0 Å². The predicted molar refractivity (Wildman–Crippen MR) is 125 cm³/mol. The largest absolute Gasteiger partial charge is 0.494 e. The molecular weight excluding hydrogens is 464 g/mol. The Hall–Kier alpha value is -3.80. The lowest BCUT2D eigenvalue weighted by Gasteiger charge is -2.38. The molecule has 12 nitrogen and oxygen atoms in total. The molecule has 1 aliphatic heterocycles. The number of amides is 1. The van der Waals surface area contributed by atoms with Crippen LogP contribution in [0.2, 0.25) is 5.02 Å². The predicted octanol–water partition coefficient (Wildman–Crippen LogP) is 3.47. The summed E-state index contributed by atoms with van der Waals surface area (Å²) in [6.07, 6.45) is 3.25. The van der Waals surface area contributed by atoms with Gasteiger partial charge in [0.1, 0.15) is 18.1 Å². The van der Waals surface area contributed by atoms with Crippen molar-refractivity contribution < 1.29 is 19.0 Å². The highest BCUT2D eigenvalue weighted by Gasteiger charge is 2.30. The molecule has 1 aliphatic carbocycles. The number of ether oxygens (including phenoxy) is 3. The van der Waals surface area contributed by atoms with Crippen molar-refractivity contribution in [3.8, 4) is 11.8 Å². The molecule has 4 rings (SSSR count). The molecule has 1 atom stereocenters. The fraction of sp³-hybridized carbons (Fsp3) is 0.381. The molecule has 2 aliphatic rings. The lowest BCUT2D eigenvalue weighted by atomic mass is 9.92. The summed E-state index contributed by atoms with van der Waals surface area (Å²) in [5.41, 5.74) is 9.83. The fourth-order valence-electron chi connectivity index (χ4n) is 3.83. The van der Waals surface area contributed by atoms with Crippen LogP contribution in [0, 0.1) is 11.3 Å². The molecule has 0 aromatic carbocycles. The van der Waals surface area contributed by atoms with E-state index < -0.39 is 12.0 Å². The summed E-state index contributed by atoms with van der Waals surface area (Å²) < 4.78 is 16.5. The number of hydrogen-bond acceptors (Lipinski definition) is 11. The third-order valence-electron chi connectivity index (χ3n) is 5.35. The Bertz CT molecular complexity index is 1120. The lowest BCUT2D eigenvalue weighted by molar-refractivity contribution is 0.101. The lowest BCUT2D eigenvalue weighted by Crippen LogP contribution is -2.40. The molecule has 34 heavy (non-hydrogen) atoms. The number of halogens is 1. The Kier molecular flexibility index (Phi) is 6.87. The third-order valence-corrected chi connectivity index (χ3v) is 5.58. The number of pyridine rings is 1. The van der Waals surface area contributed by atoms with Gasteiger partial charge < -0.3 is 25.3 Å². The van der Waals surface area contributed by atoms with Crippen LogP contribution in [0.25, 0.3) is 0 Å². The Labute approximate surface area is 200 Å². The minimum Gasteiger partial charge on any atom is -0.494 e. The summed E-state index contributed by atoms with van der Waals surface area (Å²) >= 11 is 5.91. The van der Waals surface area contributed by atoms with Crippen molar-refractivity contribution in [1.82, 2.24) is 20.0 Å². The molecule has 1 amide bonds. The molecule has 0 fully saturated rings. The van der Waals surface area contributed by atoms with Gasteiger partial charge >= 0.3 is 6.09 Å². The van der Waals surface area contributed by atoms with Crippen molar-refractivity contribution >= 4 is 35.1 Å². The van der Waals surface area contributed by atoms with Crippen molar-refractivity contribution in [2.45, 2.75) is 26.2 Å². The highest BCUT2D eigenvalue weighted by molar-refractivity contribution is 6.30. The first-order valence-electron chi connectivity index (χ1n) is 10.7. The highest BCUT2D eigenvalue weighted by Crippen LogP contribution is 2.37. The Morgan fingerprint density at radius 2 is 2.21 bits per heavy atom. The second-order valence-corrected chi connectivity index (χ2v) is 8.15. The molecule has 0 bridgehead atoms. The fourth-order valence-corrected chi connectivity index (χ4v) is 3.94. The zero-order valence-electron chi connectivity index (χ0n) is 18.7. The maximum absolute atomic E-state index is 11.2. The van der Waals surface area contributed by atoms with E-state index >= 15 is 0 Å². The summed E-state index contributed by atoms with van der Waals surface area (Å²) in [5, 5.41) is 13.5. The molecule has 0 radical (unpaired) electrons. The number of carbonyl (C=O) groups excluding carboxylic acids is 1. The molecule has 0 spiro atoms. The maximum atomic E-state index is 11.2. The van der Waals surface area contributed by atoms with E-state index in [1.54, 1.807) is 19.2 Å². The topological polar surface area (TPSA) is 161 Å². The van der Waals surface area contributed by atoms with Crippen molar-refractivity contribution in [1.29, 1.82) is 5.41 Å². The van der Waals surface area contributed by atoms with Gasteiger partial charge in [0, 0.05) is 25.2 Å². The minimum absolute atomic E-state index is 0.0575. The van der Waals surface area contributed by atoms with Crippen LogP contribution in [0.4, 0.5) is 16.3 Å². The summed E-state index contributed by atoms with van der Waals surface area (Å²) in [4.78, 5) is 24.0. The Morgan fingerprint density at radius 1 is 1.38 bits per heavy atom. The minimum atomic E-state index is -1.15. The Morgan fingerprint density at radius 3 is 2.91 bits per heavy atom. The van der Waals surface area contributed by atoms with Crippen molar-refractivity contribution in [3.63, 3.8) is 0 Å². The van der Waals surface area contributed by atoms with E-state index in [-0.39, 0.29) is 17.6 Å². The normalized spacial score (nSPS) is 17.4. The average molecular weight is 489 g/mol. The zero-order valence-corrected chi connectivity index (χ0v) is 19.5. The summed E-state index contributed by atoms with van der Waals surface area (Å²) in [6, 6.07) is 3.19. The van der Waals surface area contributed by atoms with E-state index in [2.05, 4.69) is 32.6 Å². The van der Waals surface area contributed by atoms with Crippen molar-refractivity contribution in [2.24, 2.45) is 11.7 Å². The van der Waals surface area contributed by atoms with Gasteiger partial charge in [-0.3, -0.25) is 15.8 Å². The molecular formula is C21H25ClN8O4. The van der Waals surface area contributed by atoms with Crippen LogP contribution in [-0.2, 0) is 9.47 Å². The first-order chi connectivity index (χ1) is 16.4. The molecule has 0 saturated heterocycles. The van der Waals surface area contributed by atoms with Crippen LogP contribution in [-0.4, -0.2) is 52.2 Å². The first kappa shape index (κ1) is 23.4. The molecule has 3 heterocycles. The van der Waals surface area contributed by atoms with Gasteiger partial charge in [0.2, 0.25) is 11.7 Å². The van der Waals surface area contributed by atoms with Crippen LogP contribution in [0.5, 0.6) is 11.8 Å². The monoisotopic (exact) mass is 488 g/mol. The van der Waals surface area contributed by atoms with Crippen LogP contribution < -0.4 is 21.2 Å². The van der Waals surface area contributed by atoms with E-state index in [9.17, 15) is 4.79 Å². The van der Waals surface area contributed by atoms with Crippen LogP contribution in [0.15, 0.2) is 29.8 Å². The van der Waals surface area contributed by atoms with Gasteiger partial charge in [-0.05, 0) is 25.3 Å². The second-order valence-electron chi connectivity index (χ2n) is 7.71. The third kappa shape index (κ3) is 5.06. The van der Waals surface area contributed by atoms with Crippen LogP contribution >= 0.6 is 11.6 Å². The molecule has 180 valence electrons. The smallest absolute Gasteiger partial charge is 0.411 e. The number of nitrogens with zero attached hydrogens (tertiary/aromatic N) is 4. The van der Waals surface area contributed by atoms with E-state index in [0.717, 1.165) is 30.7 Å². The van der Waals surface area contributed by atoms with E-state index in [4.69, 9.17) is 37.0 Å². The number of allylic oxidation sites excluding steroid dienone is 2. The average Bonchev–Trinajstić information content (AvgIpc) is 2.81. The van der Waals surface area contributed by atoms with Gasteiger partial charge in [-0.1, -0.05) is 18.5 Å². The van der Waals surface area contributed by atoms with Crippen molar-refractivity contribution in [2.75, 3.05) is 30.9 Å². The second kappa shape index (κ2) is 10.00. The quantitative estimate of drug-likeness (QED) is 0.350. The SMILES string of the molecule is CNc1c(NN2CCOC3=C2CCC[C@@H]3C)nc(C(=N)OC(N)=O)nc1Oc1ccc(Cl)cn1. The number of aromatic nitrogens is 3. The Balaban J connectivity index is 1.73. The number of carbonyl (C=O) groups is 1. The number of hydrazine groups is 1. The van der Waals surface area contributed by atoms with E-state index in [1.165, 1.54) is 6.20 Å². The molecule has 5 N–H and O–H groups in total. The summed E-state index contributed by atoms with van der Waals surface area (Å²) in [5.74, 6) is 1.05. The number of anilines is 2. The molecule has 0 saturated carbocycles. The van der Waals surface area contributed by atoms with Gasteiger partial charge in [0.25, 0.3) is 11.8 Å². The van der Waals surface area contributed by atoms with E-state index in [1.807, 2.05) is 5.01 Å². The van der Waals surface area contributed by atoms with Gasteiger partial charge in [-0.15, -0.1) is 0 Å². The number of nitrogens with two attached hydrogens (primary N) is 1. The van der Waals surface area contributed by atoms with Gasteiger partial charge in [0.15, 0.2) is 5.82 Å². The number of rotatable bonds is 6. The summed E-state index contributed by atoms with van der Waals surface area (Å²) in [7, 11) is 1.68. The molecule has 13 heteroatoms. The molecule has 0 unspecified atom stereocenters. The van der Waals surface area contributed by atoms with Crippen LogP contribution in [0.3, 0.4) is 0 Å². The standard InChI is InChI=1S/C21H25ClN8O4/c1-11-4-3-5-13-16(11)32-9-8-30(13)29-18-15(25-2)20(33-14-7-6-12(22)10-26-14)28-19(27-18)17(23)34-21(24)31/h6-7,10-11,23,25H,3-5,8-9H2,1-2H3,(H2,24,31)(H,27,28,29)/t11-/m0/s1. The highest BCUT2D eigenvalue weighted by atomic mass is 35.5. The molecule has 2 aromatic heterocycles.